The number of amides is 1. The van der Waals surface area contributed by atoms with Crippen LogP contribution in [0.3, 0.4) is 0 Å². The predicted molar refractivity (Wildman–Crippen MR) is 117 cm³/mol. The molecule has 0 unspecified atom stereocenters. The van der Waals surface area contributed by atoms with E-state index >= 15 is 0 Å². The first kappa shape index (κ1) is 18.2. The number of fused-ring (bicyclic) bond motifs is 1. The number of para-hydroxylation sites is 1. The lowest BCUT2D eigenvalue weighted by atomic mass is 10.1. The van der Waals surface area contributed by atoms with Crippen LogP contribution in [0.5, 0.6) is 0 Å². The minimum atomic E-state index is -0.260. The molecule has 0 saturated carbocycles. The number of hydrogen-bond donors (Lipinski definition) is 1. The predicted octanol–water partition coefficient (Wildman–Crippen LogP) is 5.19. The van der Waals surface area contributed by atoms with Gasteiger partial charge in [0.2, 0.25) is 5.13 Å². The maximum absolute atomic E-state index is 13.1. The molecule has 1 N–H and O–H groups in total. The van der Waals surface area contributed by atoms with E-state index < -0.39 is 0 Å². The molecule has 6 nitrogen and oxygen atoms in total. The van der Waals surface area contributed by atoms with Gasteiger partial charge in [-0.2, -0.15) is 0 Å². The van der Waals surface area contributed by atoms with Crippen LogP contribution in [0.15, 0.2) is 83.5 Å². The van der Waals surface area contributed by atoms with Crippen molar-refractivity contribution in [3.8, 4) is 11.5 Å². The van der Waals surface area contributed by atoms with Gasteiger partial charge in [0.1, 0.15) is 10.7 Å². The first-order valence-corrected chi connectivity index (χ1v) is 10.2. The first-order valence-electron chi connectivity index (χ1n) is 9.37. The van der Waals surface area contributed by atoms with E-state index in [4.69, 9.17) is 4.42 Å². The van der Waals surface area contributed by atoms with E-state index in [9.17, 15) is 4.79 Å². The van der Waals surface area contributed by atoms with Crippen molar-refractivity contribution in [2.45, 2.75) is 6.42 Å². The third-order valence-corrected chi connectivity index (χ3v) is 5.46. The molecule has 0 saturated heterocycles. The van der Waals surface area contributed by atoms with Gasteiger partial charge in [-0.1, -0.05) is 59.9 Å². The zero-order valence-corrected chi connectivity index (χ0v) is 16.6. The Hall–Kier alpha value is -3.84. The number of nitrogens with zero attached hydrogens (tertiary/aromatic N) is 3. The molecule has 3 aromatic heterocycles. The fraction of sp³-hybridized carbons (Fsp3) is 0.0435. The highest BCUT2D eigenvalue weighted by Crippen LogP contribution is 2.26. The summed E-state index contributed by atoms with van der Waals surface area (Å²) in [5, 5.41) is 13.3. The topological polar surface area (TPSA) is 80.9 Å². The summed E-state index contributed by atoms with van der Waals surface area (Å²) in [5.74, 6) is 0.347. The standard InChI is InChI=1S/C23H16N4O2S/c28-22(25-23-27-26-21(30-23)13-15-7-2-1-3-8-15)17-14-19(20-11-6-12-29-20)24-18-10-5-4-9-16(17)18/h1-12,14H,13H2,(H,25,27,28). The average molecular weight is 412 g/mol. The zero-order chi connectivity index (χ0) is 20.3. The highest BCUT2D eigenvalue weighted by Gasteiger charge is 2.17. The first-order chi connectivity index (χ1) is 14.8. The molecule has 5 aromatic rings. The van der Waals surface area contributed by atoms with E-state index in [0.717, 1.165) is 21.5 Å². The van der Waals surface area contributed by atoms with E-state index in [2.05, 4.69) is 20.5 Å². The van der Waals surface area contributed by atoms with Crippen LogP contribution in [0.4, 0.5) is 5.13 Å². The quantitative estimate of drug-likeness (QED) is 0.430. The van der Waals surface area contributed by atoms with E-state index in [1.807, 2.05) is 60.7 Å². The number of anilines is 1. The number of hydrogen-bond acceptors (Lipinski definition) is 6. The molecular formula is C23H16N4O2S. The Kier molecular flexibility index (Phi) is 4.78. The van der Waals surface area contributed by atoms with Crippen molar-refractivity contribution < 1.29 is 9.21 Å². The maximum Gasteiger partial charge on any atom is 0.258 e. The molecule has 0 radical (unpaired) electrons. The van der Waals surface area contributed by atoms with Gasteiger partial charge in [-0.15, -0.1) is 10.2 Å². The van der Waals surface area contributed by atoms with Gasteiger partial charge in [-0.25, -0.2) is 4.98 Å². The molecule has 0 atom stereocenters. The van der Waals surface area contributed by atoms with Crippen LogP contribution in [0.2, 0.25) is 0 Å². The summed E-state index contributed by atoms with van der Waals surface area (Å²) in [6.45, 7) is 0. The number of aromatic nitrogens is 3. The monoisotopic (exact) mass is 412 g/mol. The minimum Gasteiger partial charge on any atom is -0.463 e. The van der Waals surface area contributed by atoms with Gasteiger partial charge in [0.05, 0.1) is 17.3 Å². The summed E-state index contributed by atoms with van der Waals surface area (Å²) in [4.78, 5) is 17.7. The van der Waals surface area contributed by atoms with Gasteiger partial charge in [0.25, 0.3) is 5.91 Å². The number of benzene rings is 2. The van der Waals surface area contributed by atoms with Gasteiger partial charge in [-0.3, -0.25) is 10.1 Å². The van der Waals surface area contributed by atoms with Crippen LogP contribution in [-0.4, -0.2) is 21.1 Å². The number of furan rings is 1. The number of nitrogens with one attached hydrogen (secondary N) is 1. The molecule has 30 heavy (non-hydrogen) atoms. The Morgan fingerprint density at radius 1 is 0.967 bits per heavy atom. The number of carbonyl (C=O) groups excluding carboxylic acids is 1. The molecule has 2 aromatic carbocycles. The van der Waals surface area contributed by atoms with Crippen molar-refractivity contribution in [2.75, 3.05) is 5.32 Å². The van der Waals surface area contributed by atoms with Crippen LogP contribution in [0.1, 0.15) is 20.9 Å². The number of pyridine rings is 1. The molecule has 0 bridgehead atoms. The largest absolute Gasteiger partial charge is 0.463 e. The number of rotatable bonds is 5. The van der Waals surface area contributed by atoms with Crippen LogP contribution in [0.25, 0.3) is 22.4 Å². The van der Waals surface area contributed by atoms with Crippen molar-refractivity contribution in [3.63, 3.8) is 0 Å². The summed E-state index contributed by atoms with van der Waals surface area (Å²) in [6, 6.07) is 22.9. The van der Waals surface area contributed by atoms with E-state index in [1.54, 1.807) is 18.4 Å². The minimum absolute atomic E-state index is 0.260. The molecule has 0 spiro atoms. The van der Waals surface area contributed by atoms with E-state index in [1.165, 1.54) is 11.3 Å². The maximum atomic E-state index is 13.1. The van der Waals surface area contributed by atoms with Crippen molar-refractivity contribution in [2.24, 2.45) is 0 Å². The lowest BCUT2D eigenvalue weighted by molar-refractivity contribution is 0.102. The van der Waals surface area contributed by atoms with Gasteiger partial charge >= 0.3 is 0 Å². The third kappa shape index (κ3) is 3.70. The Morgan fingerprint density at radius 2 is 1.80 bits per heavy atom. The Morgan fingerprint density at radius 3 is 2.63 bits per heavy atom. The van der Waals surface area contributed by atoms with Crippen molar-refractivity contribution in [1.29, 1.82) is 0 Å². The SMILES string of the molecule is O=C(Nc1nnc(Cc2ccccc2)s1)c1cc(-c2ccco2)nc2ccccc12. The van der Waals surface area contributed by atoms with Gasteiger partial charge in [0.15, 0.2) is 5.76 Å². The van der Waals surface area contributed by atoms with Crippen LogP contribution in [0, 0.1) is 0 Å². The smallest absolute Gasteiger partial charge is 0.258 e. The fourth-order valence-electron chi connectivity index (χ4n) is 3.22. The molecule has 0 fully saturated rings. The lowest BCUT2D eigenvalue weighted by Gasteiger charge is -2.08. The summed E-state index contributed by atoms with van der Waals surface area (Å²) in [7, 11) is 0. The highest BCUT2D eigenvalue weighted by atomic mass is 32.1. The normalized spacial score (nSPS) is 10.9. The summed E-state index contributed by atoms with van der Waals surface area (Å²) >= 11 is 1.37. The Bertz CT molecular complexity index is 1310. The van der Waals surface area contributed by atoms with Crippen molar-refractivity contribution >= 4 is 33.3 Å². The average Bonchev–Trinajstić information content (AvgIpc) is 3.46. The summed E-state index contributed by atoms with van der Waals surface area (Å²) < 4.78 is 5.47. The molecular weight excluding hydrogens is 396 g/mol. The second-order valence-electron chi connectivity index (χ2n) is 6.67. The van der Waals surface area contributed by atoms with Crippen LogP contribution >= 0.6 is 11.3 Å². The lowest BCUT2D eigenvalue weighted by Crippen LogP contribution is -2.13. The Balaban J connectivity index is 1.44. The van der Waals surface area contributed by atoms with Crippen molar-refractivity contribution in [1.82, 2.24) is 15.2 Å². The van der Waals surface area contributed by atoms with E-state index in [-0.39, 0.29) is 5.91 Å². The third-order valence-electron chi connectivity index (χ3n) is 4.62. The summed E-state index contributed by atoms with van der Waals surface area (Å²) in [6.07, 6.45) is 2.26. The highest BCUT2D eigenvalue weighted by molar-refractivity contribution is 7.15. The molecule has 146 valence electrons. The molecule has 7 heteroatoms. The molecule has 1 amide bonds. The van der Waals surface area contributed by atoms with Gasteiger partial charge in [-0.05, 0) is 29.8 Å². The zero-order valence-electron chi connectivity index (χ0n) is 15.8. The second-order valence-corrected chi connectivity index (χ2v) is 7.73. The molecule has 0 aliphatic heterocycles. The Labute approximate surface area is 176 Å². The van der Waals surface area contributed by atoms with Gasteiger partial charge in [0, 0.05) is 11.8 Å². The molecule has 3 heterocycles. The summed E-state index contributed by atoms with van der Waals surface area (Å²) in [5.41, 5.74) is 2.98. The van der Waals surface area contributed by atoms with Crippen LogP contribution in [-0.2, 0) is 6.42 Å². The molecule has 0 aliphatic carbocycles. The van der Waals surface area contributed by atoms with Crippen molar-refractivity contribution in [3.05, 3.63) is 95.2 Å². The van der Waals surface area contributed by atoms with Gasteiger partial charge < -0.3 is 4.42 Å². The second kappa shape index (κ2) is 7.88. The number of carbonyl (C=O) groups is 1. The fourth-order valence-corrected chi connectivity index (χ4v) is 3.99. The molecule has 0 aliphatic rings. The van der Waals surface area contributed by atoms with Crippen LogP contribution < -0.4 is 5.32 Å². The van der Waals surface area contributed by atoms with E-state index in [0.29, 0.717) is 28.6 Å². The molecule has 5 rings (SSSR count).